The highest BCUT2D eigenvalue weighted by Gasteiger charge is 2.23. The molecule has 1 aromatic rings. The van der Waals surface area contributed by atoms with Crippen molar-refractivity contribution in [3.05, 3.63) is 28.2 Å². The summed E-state index contributed by atoms with van der Waals surface area (Å²) in [7, 11) is 0. The van der Waals surface area contributed by atoms with Crippen molar-refractivity contribution in [2.45, 2.75) is 18.9 Å². The molecule has 2 rings (SSSR count). The molecule has 3 nitrogen and oxygen atoms in total. The topological polar surface area (TPSA) is 41.1 Å². The molecule has 1 aromatic carbocycles. The van der Waals surface area contributed by atoms with Gasteiger partial charge >= 0.3 is 0 Å². The van der Waals surface area contributed by atoms with Crippen LogP contribution in [0, 0.1) is 0 Å². The lowest BCUT2D eigenvalue weighted by Gasteiger charge is -2.10. The van der Waals surface area contributed by atoms with E-state index < -0.39 is 0 Å². The molecular formula is C11H12Cl2N2O. The molecule has 5 heteroatoms. The van der Waals surface area contributed by atoms with E-state index in [1.165, 1.54) is 0 Å². The maximum absolute atomic E-state index is 11.4. The van der Waals surface area contributed by atoms with Crippen molar-refractivity contribution in [2.24, 2.45) is 0 Å². The summed E-state index contributed by atoms with van der Waals surface area (Å²) in [5, 5.41) is 6.85. The number of anilines is 1. The number of hydrogen-bond donors (Lipinski definition) is 2. The van der Waals surface area contributed by atoms with Crippen molar-refractivity contribution in [3.8, 4) is 0 Å². The molecule has 0 bridgehead atoms. The van der Waals surface area contributed by atoms with E-state index in [1.807, 2.05) is 0 Å². The van der Waals surface area contributed by atoms with Crippen molar-refractivity contribution in [1.29, 1.82) is 0 Å². The summed E-state index contributed by atoms with van der Waals surface area (Å²) in [5.74, 6) is -0.0292. The summed E-state index contributed by atoms with van der Waals surface area (Å²) in [5.41, 5.74) is 0.608. The van der Waals surface area contributed by atoms with E-state index >= 15 is 0 Å². The van der Waals surface area contributed by atoms with Crippen LogP contribution in [0.15, 0.2) is 18.2 Å². The number of nitrogens with one attached hydrogen (secondary N) is 2. The number of carbonyl (C=O) groups is 1. The SMILES string of the molecule is O=C(CNc1c(Cl)cccc1Cl)NC1CC1. The second kappa shape index (κ2) is 4.93. The molecule has 1 fully saturated rings. The van der Waals surface area contributed by atoms with Gasteiger partial charge in [0.15, 0.2) is 0 Å². The average molecular weight is 259 g/mol. The highest BCUT2D eigenvalue weighted by Crippen LogP contribution is 2.29. The fourth-order valence-corrected chi connectivity index (χ4v) is 1.87. The number of carbonyl (C=O) groups excluding carboxylic acids is 1. The highest BCUT2D eigenvalue weighted by atomic mass is 35.5. The first-order chi connectivity index (χ1) is 7.66. The number of benzene rings is 1. The van der Waals surface area contributed by atoms with Crippen LogP contribution in [-0.4, -0.2) is 18.5 Å². The van der Waals surface area contributed by atoms with Crippen LogP contribution in [0.2, 0.25) is 10.0 Å². The second-order valence-corrected chi connectivity index (χ2v) is 4.61. The van der Waals surface area contributed by atoms with Crippen LogP contribution in [-0.2, 0) is 4.79 Å². The third-order valence-electron chi connectivity index (χ3n) is 2.33. The van der Waals surface area contributed by atoms with Crippen LogP contribution in [0.25, 0.3) is 0 Å². The van der Waals surface area contributed by atoms with E-state index in [9.17, 15) is 4.79 Å². The largest absolute Gasteiger partial charge is 0.374 e. The van der Waals surface area contributed by atoms with Gasteiger partial charge in [-0.25, -0.2) is 0 Å². The predicted octanol–water partition coefficient (Wildman–Crippen LogP) is 2.68. The number of rotatable bonds is 4. The minimum Gasteiger partial charge on any atom is -0.374 e. The minimum atomic E-state index is -0.0292. The lowest BCUT2D eigenvalue weighted by atomic mass is 10.3. The van der Waals surface area contributed by atoms with E-state index in [-0.39, 0.29) is 12.5 Å². The van der Waals surface area contributed by atoms with E-state index in [2.05, 4.69) is 10.6 Å². The van der Waals surface area contributed by atoms with Gasteiger partial charge in [0.25, 0.3) is 0 Å². The normalized spacial score (nSPS) is 14.6. The average Bonchev–Trinajstić information content (AvgIpc) is 3.01. The molecule has 1 amide bonds. The number of halogens is 2. The Labute approximate surface area is 104 Å². The fourth-order valence-electron chi connectivity index (χ4n) is 1.34. The third-order valence-corrected chi connectivity index (χ3v) is 2.96. The molecule has 1 saturated carbocycles. The number of amides is 1. The molecule has 0 aliphatic heterocycles. The van der Waals surface area contributed by atoms with Crippen molar-refractivity contribution in [1.82, 2.24) is 5.32 Å². The van der Waals surface area contributed by atoms with Gasteiger partial charge in [0, 0.05) is 6.04 Å². The highest BCUT2D eigenvalue weighted by molar-refractivity contribution is 6.39. The van der Waals surface area contributed by atoms with E-state index in [0.717, 1.165) is 12.8 Å². The second-order valence-electron chi connectivity index (χ2n) is 3.79. The van der Waals surface area contributed by atoms with Gasteiger partial charge in [0.05, 0.1) is 22.3 Å². The summed E-state index contributed by atoms with van der Waals surface area (Å²) in [4.78, 5) is 11.4. The smallest absolute Gasteiger partial charge is 0.239 e. The van der Waals surface area contributed by atoms with Crippen LogP contribution < -0.4 is 10.6 Å². The molecule has 86 valence electrons. The van der Waals surface area contributed by atoms with Crippen molar-refractivity contribution in [3.63, 3.8) is 0 Å². The van der Waals surface area contributed by atoms with Crippen LogP contribution in [0.4, 0.5) is 5.69 Å². The molecule has 0 saturated heterocycles. The Morgan fingerprint density at radius 1 is 1.31 bits per heavy atom. The van der Waals surface area contributed by atoms with Gasteiger partial charge in [-0.05, 0) is 25.0 Å². The molecule has 0 unspecified atom stereocenters. The molecule has 0 aromatic heterocycles. The van der Waals surface area contributed by atoms with Crippen molar-refractivity contribution in [2.75, 3.05) is 11.9 Å². The lowest BCUT2D eigenvalue weighted by molar-refractivity contribution is -0.119. The standard InChI is InChI=1S/C11H12Cl2N2O/c12-8-2-1-3-9(13)11(8)14-6-10(16)15-7-4-5-7/h1-3,7,14H,4-6H2,(H,15,16). The molecule has 0 heterocycles. The van der Waals surface area contributed by atoms with Gasteiger partial charge in [-0.2, -0.15) is 0 Å². The Kier molecular flexibility index (Phi) is 3.56. The van der Waals surface area contributed by atoms with E-state index in [4.69, 9.17) is 23.2 Å². The van der Waals surface area contributed by atoms with Gasteiger partial charge in [0.2, 0.25) is 5.91 Å². The van der Waals surface area contributed by atoms with Gasteiger partial charge in [-0.3, -0.25) is 4.79 Å². The zero-order valence-electron chi connectivity index (χ0n) is 8.59. The Morgan fingerprint density at radius 3 is 2.50 bits per heavy atom. The van der Waals surface area contributed by atoms with Gasteiger partial charge < -0.3 is 10.6 Å². The first-order valence-electron chi connectivity index (χ1n) is 5.14. The third kappa shape index (κ3) is 3.03. The minimum absolute atomic E-state index is 0.0292. The summed E-state index contributed by atoms with van der Waals surface area (Å²) < 4.78 is 0. The number of hydrogen-bond acceptors (Lipinski definition) is 2. The lowest BCUT2D eigenvalue weighted by Crippen LogP contribution is -2.31. The van der Waals surface area contributed by atoms with Crippen molar-refractivity contribution >= 4 is 34.8 Å². The zero-order valence-corrected chi connectivity index (χ0v) is 10.1. The van der Waals surface area contributed by atoms with Crippen LogP contribution in [0.5, 0.6) is 0 Å². The molecule has 16 heavy (non-hydrogen) atoms. The summed E-state index contributed by atoms with van der Waals surface area (Å²) >= 11 is 11.9. The first kappa shape index (κ1) is 11.6. The summed E-state index contributed by atoms with van der Waals surface area (Å²) in [6, 6.07) is 5.60. The maximum atomic E-state index is 11.4. The van der Waals surface area contributed by atoms with Crippen LogP contribution in [0.1, 0.15) is 12.8 Å². The van der Waals surface area contributed by atoms with Crippen LogP contribution in [0.3, 0.4) is 0 Å². The molecule has 0 radical (unpaired) electrons. The molecule has 0 spiro atoms. The molecule has 1 aliphatic carbocycles. The Hall–Kier alpha value is -0.930. The number of para-hydroxylation sites is 1. The quantitative estimate of drug-likeness (QED) is 0.872. The van der Waals surface area contributed by atoms with Gasteiger partial charge in [-0.1, -0.05) is 29.3 Å². The van der Waals surface area contributed by atoms with E-state index in [1.54, 1.807) is 18.2 Å². The van der Waals surface area contributed by atoms with Gasteiger partial charge in [0.1, 0.15) is 0 Å². The van der Waals surface area contributed by atoms with E-state index in [0.29, 0.717) is 21.8 Å². The van der Waals surface area contributed by atoms with Crippen molar-refractivity contribution < 1.29 is 4.79 Å². The summed E-state index contributed by atoms with van der Waals surface area (Å²) in [6.45, 7) is 0.194. The first-order valence-corrected chi connectivity index (χ1v) is 5.89. The fraction of sp³-hybridized carbons (Fsp3) is 0.364. The Balaban J connectivity index is 1.90. The molecule has 2 N–H and O–H groups in total. The predicted molar refractivity (Wildman–Crippen MR) is 66.1 cm³/mol. The maximum Gasteiger partial charge on any atom is 0.239 e. The van der Waals surface area contributed by atoms with Gasteiger partial charge in [-0.15, -0.1) is 0 Å². The molecule has 0 atom stereocenters. The monoisotopic (exact) mass is 258 g/mol. The molecule has 1 aliphatic rings. The van der Waals surface area contributed by atoms with Crippen LogP contribution >= 0.6 is 23.2 Å². The summed E-state index contributed by atoms with van der Waals surface area (Å²) in [6.07, 6.45) is 2.16. The zero-order chi connectivity index (χ0) is 11.5. The Bertz CT molecular complexity index is 385. The molecular weight excluding hydrogens is 247 g/mol. The Morgan fingerprint density at radius 2 is 1.94 bits per heavy atom.